The molecule has 0 atom stereocenters. The number of hydrogen-bond donors (Lipinski definition) is 1. The van der Waals surface area contributed by atoms with Crippen LogP contribution in [0.25, 0.3) is 11.3 Å². The standard InChI is InChI=1S/C23H25NO5S/c1-28-20-8-6-19(7-9-20)22-12-10-21(29-22)11-13-23(25)24-15-17-4-3-5-18(14-17)16-30(2,26)27/h3-10,12,14H,11,13,15-16H2,1-2H3,(H,24,25). The Morgan fingerprint density at radius 1 is 1.03 bits per heavy atom. The van der Waals surface area contributed by atoms with Crippen molar-refractivity contribution < 1.29 is 22.4 Å². The zero-order valence-corrected chi connectivity index (χ0v) is 17.9. The Morgan fingerprint density at radius 2 is 1.77 bits per heavy atom. The molecule has 3 rings (SSSR count). The number of nitrogens with one attached hydrogen (secondary N) is 1. The van der Waals surface area contributed by atoms with Crippen LogP contribution in [0.15, 0.2) is 65.1 Å². The normalized spacial score (nSPS) is 11.3. The average molecular weight is 428 g/mol. The number of hydrogen-bond acceptors (Lipinski definition) is 5. The molecule has 6 nitrogen and oxygen atoms in total. The fourth-order valence-corrected chi connectivity index (χ4v) is 3.87. The van der Waals surface area contributed by atoms with E-state index in [-0.39, 0.29) is 11.7 Å². The van der Waals surface area contributed by atoms with E-state index in [1.54, 1.807) is 25.3 Å². The number of benzene rings is 2. The van der Waals surface area contributed by atoms with Crippen LogP contribution in [-0.4, -0.2) is 27.7 Å². The number of aryl methyl sites for hydroxylation is 1. The molecule has 0 spiro atoms. The van der Waals surface area contributed by atoms with E-state index < -0.39 is 9.84 Å². The zero-order chi connectivity index (χ0) is 21.6. The maximum Gasteiger partial charge on any atom is 0.220 e. The molecule has 158 valence electrons. The summed E-state index contributed by atoms with van der Waals surface area (Å²) in [5.41, 5.74) is 2.52. The summed E-state index contributed by atoms with van der Waals surface area (Å²) in [6.45, 7) is 0.353. The van der Waals surface area contributed by atoms with Crippen LogP contribution in [0.1, 0.15) is 23.3 Å². The first-order valence-corrected chi connectivity index (χ1v) is 11.6. The highest BCUT2D eigenvalue weighted by Gasteiger charge is 2.09. The van der Waals surface area contributed by atoms with Gasteiger partial charge in [-0.05, 0) is 47.5 Å². The first kappa shape index (κ1) is 21.6. The second-order valence-electron chi connectivity index (χ2n) is 7.16. The summed E-state index contributed by atoms with van der Waals surface area (Å²) in [5.74, 6) is 2.17. The van der Waals surface area contributed by atoms with E-state index in [2.05, 4.69) is 5.32 Å². The Balaban J connectivity index is 1.49. The molecule has 0 bridgehead atoms. The summed E-state index contributed by atoms with van der Waals surface area (Å²) < 4.78 is 33.9. The third-order valence-corrected chi connectivity index (χ3v) is 5.40. The minimum Gasteiger partial charge on any atom is -0.497 e. The minimum absolute atomic E-state index is 0.0101. The number of ether oxygens (including phenoxy) is 1. The predicted molar refractivity (Wildman–Crippen MR) is 116 cm³/mol. The Kier molecular flexibility index (Phi) is 6.95. The first-order valence-electron chi connectivity index (χ1n) is 9.58. The molecule has 7 heteroatoms. The fraction of sp³-hybridized carbons (Fsp3) is 0.261. The van der Waals surface area contributed by atoms with Crippen LogP contribution in [0.4, 0.5) is 0 Å². The SMILES string of the molecule is COc1ccc(-c2ccc(CCC(=O)NCc3cccc(CS(C)(=O)=O)c3)o2)cc1. The van der Waals surface area contributed by atoms with Gasteiger partial charge in [-0.15, -0.1) is 0 Å². The maximum absolute atomic E-state index is 12.2. The van der Waals surface area contributed by atoms with Gasteiger partial charge in [0.1, 0.15) is 17.3 Å². The Hall–Kier alpha value is -3.06. The van der Waals surface area contributed by atoms with Gasteiger partial charge >= 0.3 is 0 Å². The van der Waals surface area contributed by atoms with Crippen molar-refractivity contribution in [3.8, 4) is 17.1 Å². The molecule has 0 aliphatic rings. The lowest BCUT2D eigenvalue weighted by Crippen LogP contribution is -2.23. The highest BCUT2D eigenvalue weighted by atomic mass is 32.2. The third-order valence-electron chi connectivity index (χ3n) is 4.54. The summed E-state index contributed by atoms with van der Waals surface area (Å²) >= 11 is 0. The monoisotopic (exact) mass is 427 g/mol. The second kappa shape index (κ2) is 9.63. The van der Waals surface area contributed by atoms with Crippen molar-refractivity contribution in [1.82, 2.24) is 5.32 Å². The third kappa shape index (κ3) is 6.49. The first-order chi connectivity index (χ1) is 14.3. The van der Waals surface area contributed by atoms with Gasteiger partial charge < -0.3 is 14.5 Å². The molecule has 30 heavy (non-hydrogen) atoms. The van der Waals surface area contributed by atoms with E-state index in [0.717, 1.165) is 28.4 Å². The molecule has 1 heterocycles. The number of sulfone groups is 1. The van der Waals surface area contributed by atoms with Gasteiger partial charge in [-0.2, -0.15) is 0 Å². The van der Waals surface area contributed by atoms with Gasteiger partial charge in [0.15, 0.2) is 9.84 Å². The number of furan rings is 1. The molecule has 0 saturated carbocycles. The van der Waals surface area contributed by atoms with E-state index in [1.807, 2.05) is 42.5 Å². The van der Waals surface area contributed by atoms with E-state index >= 15 is 0 Å². The molecule has 0 unspecified atom stereocenters. The van der Waals surface area contributed by atoms with Crippen LogP contribution in [-0.2, 0) is 33.4 Å². The molecule has 1 amide bonds. The van der Waals surface area contributed by atoms with Crippen molar-refractivity contribution in [3.05, 3.63) is 77.6 Å². The smallest absolute Gasteiger partial charge is 0.220 e. The number of rotatable bonds is 9. The molecule has 1 N–H and O–H groups in total. The lowest BCUT2D eigenvalue weighted by atomic mass is 10.1. The van der Waals surface area contributed by atoms with Crippen LogP contribution in [0.2, 0.25) is 0 Å². The van der Waals surface area contributed by atoms with Crippen molar-refractivity contribution in [3.63, 3.8) is 0 Å². The summed E-state index contributed by atoms with van der Waals surface area (Å²) in [7, 11) is -1.47. The van der Waals surface area contributed by atoms with Crippen LogP contribution < -0.4 is 10.1 Å². The van der Waals surface area contributed by atoms with Crippen LogP contribution in [0.5, 0.6) is 5.75 Å². The Morgan fingerprint density at radius 3 is 2.47 bits per heavy atom. The van der Waals surface area contributed by atoms with Crippen LogP contribution >= 0.6 is 0 Å². The molecule has 2 aromatic carbocycles. The summed E-state index contributed by atoms with van der Waals surface area (Å²) in [6.07, 6.45) is 2.00. The van der Waals surface area contributed by atoms with Gasteiger partial charge in [-0.3, -0.25) is 4.79 Å². The number of methoxy groups -OCH3 is 1. The van der Waals surface area contributed by atoms with E-state index in [9.17, 15) is 13.2 Å². The van der Waals surface area contributed by atoms with E-state index in [4.69, 9.17) is 9.15 Å². The van der Waals surface area contributed by atoms with Crippen molar-refractivity contribution in [1.29, 1.82) is 0 Å². The van der Waals surface area contributed by atoms with Crippen molar-refractivity contribution in [2.45, 2.75) is 25.1 Å². The second-order valence-corrected chi connectivity index (χ2v) is 9.30. The van der Waals surface area contributed by atoms with Crippen molar-refractivity contribution in [2.75, 3.05) is 13.4 Å². The Bertz CT molecular complexity index is 1100. The van der Waals surface area contributed by atoms with E-state index in [1.165, 1.54) is 6.26 Å². The summed E-state index contributed by atoms with van der Waals surface area (Å²) in [6, 6.07) is 18.6. The minimum atomic E-state index is -3.09. The van der Waals surface area contributed by atoms with Crippen LogP contribution in [0.3, 0.4) is 0 Å². The van der Waals surface area contributed by atoms with Gasteiger partial charge in [-0.1, -0.05) is 24.3 Å². The average Bonchev–Trinajstić information content (AvgIpc) is 3.19. The zero-order valence-electron chi connectivity index (χ0n) is 17.1. The fourth-order valence-electron chi connectivity index (χ4n) is 3.08. The summed E-state index contributed by atoms with van der Waals surface area (Å²) in [5, 5.41) is 2.87. The Labute approximate surface area is 176 Å². The summed E-state index contributed by atoms with van der Waals surface area (Å²) in [4.78, 5) is 12.2. The molecule has 3 aromatic rings. The molecule has 0 fully saturated rings. The van der Waals surface area contributed by atoms with E-state index in [0.29, 0.717) is 24.9 Å². The quantitative estimate of drug-likeness (QED) is 0.562. The maximum atomic E-state index is 12.2. The molecular weight excluding hydrogens is 402 g/mol. The van der Waals surface area contributed by atoms with Crippen molar-refractivity contribution >= 4 is 15.7 Å². The predicted octanol–water partition coefficient (Wildman–Crippen LogP) is 3.75. The number of carbonyl (C=O) groups is 1. The highest BCUT2D eigenvalue weighted by Crippen LogP contribution is 2.25. The van der Waals surface area contributed by atoms with Gasteiger partial charge in [0.05, 0.1) is 12.9 Å². The molecule has 0 saturated heterocycles. The molecule has 1 aromatic heterocycles. The number of amides is 1. The number of carbonyl (C=O) groups excluding carboxylic acids is 1. The molecule has 0 aliphatic heterocycles. The molecule has 0 aliphatic carbocycles. The lowest BCUT2D eigenvalue weighted by Gasteiger charge is -2.07. The molecule has 0 radical (unpaired) electrons. The van der Waals surface area contributed by atoms with Gasteiger partial charge in [0.25, 0.3) is 0 Å². The van der Waals surface area contributed by atoms with Crippen LogP contribution in [0, 0.1) is 0 Å². The topological polar surface area (TPSA) is 85.6 Å². The van der Waals surface area contributed by atoms with Crippen molar-refractivity contribution in [2.24, 2.45) is 0 Å². The van der Waals surface area contributed by atoms with Gasteiger partial charge in [0.2, 0.25) is 5.91 Å². The lowest BCUT2D eigenvalue weighted by molar-refractivity contribution is -0.121. The largest absolute Gasteiger partial charge is 0.497 e. The van der Waals surface area contributed by atoms with Gasteiger partial charge in [-0.25, -0.2) is 8.42 Å². The highest BCUT2D eigenvalue weighted by molar-refractivity contribution is 7.89. The molecular formula is C23H25NO5S. The van der Waals surface area contributed by atoms with Gasteiger partial charge in [0, 0.05) is 31.2 Å².